The van der Waals surface area contributed by atoms with Crippen LogP contribution in [0.25, 0.3) is 0 Å². The predicted molar refractivity (Wildman–Crippen MR) is 88.3 cm³/mol. The highest BCUT2D eigenvalue weighted by atomic mass is 16.5. The lowest BCUT2D eigenvalue weighted by Crippen LogP contribution is -2.40. The maximum absolute atomic E-state index is 12.1. The molecule has 1 heterocycles. The van der Waals surface area contributed by atoms with Crippen LogP contribution in [0.4, 0.5) is 0 Å². The number of para-hydroxylation sites is 1. The molecule has 0 saturated carbocycles. The number of hydrogen-bond acceptors (Lipinski definition) is 3. The number of carbonyl (C=O) groups is 1. The van der Waals surface area contributed by atoms with Crippen molar-refractivity contribution >= 4 is 5.91 Å². The fraction of sp³-hybridized carbons (Fsp3) is 0.316. The van der Waals surface area contributed by atoms with Crippen molar-refractivity contribution in [3.05, 3.63) is 65.7 Å². The van der Waals surface area contributed by atoms with E-state index in [9.17, 15) is 4.79 Å². The largest absolute Gasteiger partial charge is 0.488 e. The lowest BCUT2D eigenvalue weighted by molar-refractivity contribution is -0.132. The first-order chi connectivity index (χ1) is 11.2. The van der Waals surface area contributed by atoms with Crippen LogP contribution in [0.3, 0.4) is 0 Å². The molecule has 0 spiro atoms. The van der Waals surface area contributed by atoms with Crippen molar-refractivity contribution in [2.45, 2.75) is 32.2 Å². The number of amides is 1. The molecular weight excluding hydrogens is 290 g/mol. The average Bonchev–Trinajstić information content (AvgIpc) is 3.01. The zero-order valence-electron chi connectivity index (χ0n) is 13.2. The average molecular weight is 311 g/mol. The summed E-state index contributed by atoms with van der Waals surface area (Å²) in [4.78, 5) is 12.1. The second-order valence-electron chi connectivity index (χ2n) is 5.74. The van der Waals surface area contributed by atoms with E-state index in [-0.39, 0.29) is 12.0 Å². The lowest BCUT2D eigenvalue weighted by Gasteiger charge is -2.16. The third kappa shape index (κ3) is 4.11. The molecule has 2 unspecified atom stereocenters. The monoisotopic (exact) mass is 311 g/mol. The SMILES string of the molecule is CC(OCc1ccccc1)C(=O)NCC1Cc2ccccc2O1. The van der Waals surface area contributed by atoms with Gasteiger partial charge in [0, 0.05) is 6.42 Å². The van der Waals surface area contributed by atoms with E-state index < -0.39 is 6.10 Å². The fourth-order valence-electron chi connectivity index (χ4n) is 2.60. The van der Waals surface area contributed by atoms with Gasteiger partial charge in [0.25, 0.3) is 0 Å². The van der Waals surface area contributed by atoms with Gasteiger partial charge in [-0.25, -0.2) is 0 Å². The standard InChI is InChI=1S/C19H21NO3/c1-14(22-13-15-7-3-2-4-8-15)19(21)20-12-17-11-16-9-5-6-10-18(16)23-17/h2-10,14,17H,11-13H2,1H3,(H,20,21). The van der Waals surface area contributed by atoms with Crippen molar-refractivity contribution in [3.63, 3.8) is 0 Å². The minimum Gasteiger partial charge on any atom is -0.488 e. The normalized spacial score (nSPS) is 17.2. The highest BCUT2D eigenvalue weighted by Crippen LogP contribution is 2.27. The number of fused-ring (bicyclic) bond motifs is 1. The van der Waals surface area contributed by atoms with Crippen LogP contribution >= 0.6 is 0 Å². The molecule has 4 heteroatoms. The summed E-state index contributed by atoms with van der Waals surface area (Å²) in [5.41, 5.74) is 2.25. The van der Waals surface area contributed by atoms with E-state index in [1.807, 2.05) is 48.5 Å². The van der Waals surface area contributed by atoms with Gasteiger partial charge in [-0.15, -0.1) is 0 Å². The molecule has 1 amide bonds. The van der Waals surface area contributed by atoms with Gasteiger partial charge in [-0.3, -0.25) is 4.79 Å². The minimum absolute atomic E-state index is 0.00215. The molecule has 2 atom stereocenters. The van der Waals surface area contributed by atoms with Crippen molar-refractivity contribution in [2.24, 2.45) is 0 Å². The van der Waals surface area contributed by atoms with Crippen LogP contribution in [0.1, 0.15) is 18.1 Å². The Balaban J connectivity index is 1.41. The Morgan fingerprint density at radius 2 is 1.96 bits per heavy atom. The Hall–Kier alpha value is -2.33. The molecule has 120 valence electrons. The number of benzene rings is 2. The molecule has 2 aromatic carbocycles. The maximum atomic E-state index is 12.1. The van der Waals surface area contributed by atoms with Crippen molar-refractivity contribution in [1.29, 1.82) is 0 Å². The van der Waals surface area contributed by atoms with Crippen LogP contribution in [-0.4, -0.2) is 24.7 Å². The summed E-state index contributed by atoms with van der Waals surface area (Å²) in [5.74, 6) is 0.806. The number of rotatable bonds is 6. The number of carbonyl (C=O) groups excluding carboxylic acids is 1. The van der Waals surface area contributed by atoms with Gasteiger partial charge in [0.15, 0.2) is 0 Å². The molecule has 3 rings (SSSR count). The van der Waals surface area contributed by atoms with E-state index >= 15 is 0 Å². The summed E-state index contributed by atoms with van der Waals surface area (Å²) in [7, 11) is 0. The van der Waals surface area contributed by atoms with Crippen LogP contribution in [0, 0.1) is 0 Å². The summed E-state index contributed by atoms with van der Waals surface area (Å²) in [5, 5.41) is 2.91. The highest BCUT2D eigenvalue weighted by Gasteiger charge is 2.23. The number of ether oxygens (including phenoxy) is 2. The first-order valence-electron chi connectivity index (χ1n) is 7.90. The van der Waals surface area contributed by atoms with Gasteiger partial charge in [0.05, 0.1) is 13.2 Å². The van der Waals surface area contributed by atoms with E-state index in [0.717, 1.165) is 17.7 Å². The fourth-order valence-corrected chi connectivity index (χ4v) is 2.60. The van der Waals surface area contributed by atoms with Crippen molar-refractivity contribution in [3.8, 4) is 5.75 Å². The molecule has 0 aliphatic carbocycles. The quantitative estimate of drug-likeness (QED) is 0.892. The number of nitrogens with one attached hydrogen (secondary N) is 1. The van der Waals surface area contributed by atoms with Crippen molar-refractivity contribution in [2.75, 3.05) is 6.54 Å². The molecule has 1 aliphatic rings. The second kappa shape index (κ2) is 7.29. The third-order valence-electron chi connectivity index (χ3n) is 3.93. The van der Waals surface area contributed by atoms with Crippen molar-refractivity contribution < 1.29 is 14.3 Å². The first-order valence-corrected chi connectivity index (χ1v) is 7.90. The molecular formula is C19H21NO3. The minimum atomic E-state index is -0.487. The van der Waals surface area contributed by atoms with Crippen molar-refractivity contribution in [1.82, 2.24) is 5.32 Å². The molecule has 1 aliphatic heterocycles. The van der Waals surface area contributed by atoms with E-state index in [2.05, 4.69) is 11.4 Å². The van der Waals surface area contributed by atoms with E-state index in [1.54, 1.807) is 6.92 Å². The molecule has 0 saturated heterocycles. The van der Waals surface area contributed by atoms with Gasteiger partial charge < -0.3 is 14.8 Å². The first kappa shape index (κ1) is 15.6. The summed E-state index contributed by atoms with van der Waals surface area (Å²) >= 11 is 0. The van der Waals surface area contributed by atoms with Gasteiger partial charge >= 0.3 is 0 Å². The van der Waals surface area contributed by atoms with Crippen LogP contribution in [0.15, 0.2) is 54.6 Å². The zero-order chi connectivity index (χ0) is 16.1. The van der Waals surface area contributed by atoms with Gasteiger partial charge in [-0.1, -0.05) is 48.5 Å². The summed E-state index contributed by atoms with van der Waals surface area (Å²) in [6, 6.07) is 17.8. The molecule has 23 heavy (non-hydrogen) atoms. The van der Waals surface area contributed by atoms with Crippen LogP contribution in [-0.2, 0) is 22.6 Å². The second-order valence-corrected chi connectivity index (χ2v) is 5.74. The molecule has 0 bridgehead atoms. The summed E-state index contributed by atoms with van der Waals surface area (Å²) in [6.45, 7) is 2.69. The maximum Gasteiger partial charge on any atom is 0.248 e. The van der Waals surface area contributed by atoms with E-state index in [4.69, 9.17) is 9.47 Å². The van der Waals surface area contributed by atoms with Gasteiger partial charge in [-0.2, -0.15) is 0 Å². The van der Waals surface area contributed by atoms with Gasteiger partial charge in [-0.05, 0) is 24.1 Å². The summed E-state index contributed by atoms with van der Waals surface area (Å²) < 4.78 is 11.4. The summed E-state index contributed by atoms with van der Waals surface area (Å²) in [6.07, 6.45) is 0.340. The Bertz CT molecular complexity index is 632. The Kier molecular flexibility index (Phi) is 4.93. The van der Waals surface area contributed by atoms with Crippen LogP contribution < -0.4 is 10.1 Å². The topological polar surface area (TPSA) is 47.6 Å². The predicted octanol–water partition coefficient (Wildman–Crippen LogP) is 2.71. The Morgan fingerprint density at radius 3 is 2.74 bits per heavy atom. The molecule has 0 aromatic heterocycles. The van der Waals surface area contributed by atoms with Gasteiger partial charge in [0.1, 0.15) is 18.0 Å². The van der Waals surface area contributed by atoms with Crippen LogP contribution in [0.5, 0.6) is 5.75 Å². The molecule has 4 nitrogen and oxygen atoms in total. The molecule has 0 fully saturated rings. The van der Waals surface area contributed by atoms with Gasteiger partial charge in [0.2, 0.25) is 5.91 Å². The van der Waals surface area contributed by atoms with E-state index in [0.29, 0.717) is 13.2 Å². The molecule has 0 radical (unpaired) electrons. The third-order valence-corrected chi connectivity index (χ3v) is 3.93. The smallest absolute Gasteiger partial charge is 0.248 e. The Morgan fingerprint density at radius 1 is 1.22 bits per heavy atom. The number of hydrogen-bond donors (Lipinski definition) is 1. The van der Waals surface area contributed by atoms with E-state index in [1.165, 1.54) is 5.56 Å². The van der Waals surface area contributed by atoms with Crippen LogP contribution in [0.2, 0.25) is 0 Å². The highest BCUT2D eigenvalue weighted by molar-refractivity contribution is 5.80. The lowest BCUT2D eigenvalue weighted by atomic mass is 10.1. The zero-order valence-corrected chi connectivity index (χ0v) is 13.2. The Labute approximate surface area is 136 Å². The molecule has 1 N–H and O–H groups in total. The molecule has 2 aromatic rings.